The Labute approximate surface area is 211 Å². The van der Waals surface area contributed by atoms with Crippen LogP contribution in [0, 0.1) is 12.3 Å². The van der Waals surface area contributed by atoms with Crippen molar-refractivity contribution in [2.24, 2.45) is 0 Å². The second-order valence-electron chi connectivity index (χ2n) is 8.21. The standard InChI is InChI=1S/C22H34FN4O5P.CH4O/c1-8-9-10-13-30-33(27(14(2)3)15(4)5)32-20-16(6)31-21(19(20)23)26-12-11-18(24-17(7)28)25-22(26)29;1-2/h1,11-12,14-16,19-21H,9-10,13H2,2-7H3,(H,24,25,28,29);2H,1H3/i6D;2T. The van der Waals surface area contributed by atoms with Gasteiger partial charge in [-0.3, -0.25) is 9.36 Å². The molecule has 10 nitrogen and oxygen atoms in total. The molecule has 1 aromatic rings. The normalized spacial score (nSPS) is 23.3. The quantitative estimate of drug-likeness (QED) is 0.260. The Kier molecular flexibility index (Phi) is 12.0. The van der Waals surface area contributed by atoms with Gasteiger partial charge in [-0.25, -0.2) is 13.9 Å². The lowest BCUT2D eigenvalue weighted by Crippen LogP contribution is -2.38. The van der Waals surface area contributed by atoms with Crippen molar-refractivity contribution < 1.29 is 29.4 Å². The van der Waals surface area contributed by atoms with E-state index in [1.807, 2.05) is 32.4 Å². The van der Waals surface area contributed by atoms with Gasteiger partial charge < -0.3 is 24.2 Å². The average Bonchev–Trinajstić information content (AvgIpc) is 3.11. The summed E-state index contributed by atoms with van der Waals surface area (Å²) in [7, 11) is -0.398. The van der Waals surface area contributed by atoms with Crippen molar-refractivity contribution in [3.63, 3.8) is 0 Å². The second kappa shape index (κ2) is 15.2. The summed E-state index contributed by atoms with van der Waals surface area (Å²) in [6.07, 6.45) is 2.70. The van der Waals surface area contributed by atoms with Gasteiger partial charge in [-0.15, -0.1) is 12.3 Å². The Balaban J connectivity index is 0.00000217. The largest absolute Gasteiger partial charge is 0.400 e. The Morgan fingerprint density at radius 3 is 2.71 bits per heavy atom. The van der Waals surface area contributed by atoms with Crippen LogP contribution < -0.4 is 11.0 Å². The number of terminal acetylenes is 1. The monoisotopic (exact) mass is 519 g/mol. The molecule has 1 aliphatic heterocycles. The molecular formula is C23H38FN4O6P. The number of alkyl halides is 1. The van der Waals surface area contributed by atoms with E-state index in [2.05, 4.69) is 21.3 Å². The summed E-state index contributed by atoms with van der Waals surface area (Å²) in [4.78, 5) is 27.4. The molecule has 2 heterocycles. The number of rotatable bonds is 11. The van der Waals surface area contributed by atoms with Crippen LogP contribution in [0.2, 0.25) is 0 Å². The summed E-state index contributed by atoms with van der Waals surface area (Å²) in [6, 6.07) is 1.48. The molecule has 12 heteroatoms. The number of halogens is 1. The van der Waals surface area contributed by atoms with E-state index in [-0.39, 0.29) is 30.7 Å². The van der Waals surface area contributed by atoms with Crippen LogP contribution in [0.3, 0.4) is 0 Å². The van der Waals surface area contributed by atoms with Crippen molar-refractivity contribution in [3.05, 3.63) is 22.7 Å². The Morgan fingerprint density at radius 1 is 1.54 bits per heavy atom. The Morgan fingerprint density at radius 2 is 2.20 bits per heavy atom. The predicted molar refractivity (Wildman–Crippen MR) is 133 cm³/mol. The fourth-order valence-corrected chi connectivity index (χ4v) is 5.25. The van der Waals surface area contributed by atoms with E-state index in [0.29, 0.717) is 19.4 Å². The lowest BCUT2D eigenvalue weighted by atomic mass is 10.2. The third kappa shape index (κ3) is 8.90. The highest BCUT2D eigenvalue weighted by atomic mass is 31.2. The minimum absolute atomic E-state index is 0.0533. The van der Waals surface area contributed by atoms with E-state index in [4.69, 9.17) is 23.0 Å². The molecule has 35 heavy (non-hydrogen) atoms. The van der Waals surface area contributed by atoms with Crippen LogP contribution in [0.25, 0.3) is 0 Å². The molecular weight excluding hydrogens is 478 g/mol. The topological polar surface area (TPSA) is 115 Å². The first-order chi connectivity index (χ1) is 17.5. The highest BCUT2D eigenvalue weighted by Crippen LogP contribution is 2.50. The van der Waals surface area contributed by atoms with Crippen LogP contribution in [0.4, 0.5) is 10.2 Å². The molecule has 0 bridgehead atoms. The van der Waals surface area contributed by atoms with Crippen LogP contribution in [0.5, 0.6) is 0 Å². The van der Waals surface area contributed by atoms with Crippen LogP contribution in [0.1, 0.15) is 62.0 Å². The maximum absolute atomic E-state index is 15.7. The zero-order valence-electron chi connectivity index (χ0n) is 23.1. The summed E-state index contributed by atoms with van der Waals surface area (Å²) in [5.41, 5.74) is -0.790. The molecule has 5 unspecified atom stereocenters. The van der Waals surface area contributed by atoms with Gasteiger partial charge in [0.2, 0.25) is 7.34 Å². The number of unbranched alkanes of at least 4 members (excludes halogenated alkanes) is 1. The van der Waals surface area contributed by atoms with Gasteiger partial charge in [-0.1, -0.05) is 0 Å². The maximum atomic E-state index is 15.7. The number of ether oxygens (including phenoxy) is 1. The van der Waals surface area contributed by atoms with Crippen molar-refractivity contribution in [2.45, 2.75) is 91.1 Å². The minimum Gasteiger partial charge on any atom is -0.400 e. The van der Waals surface area contributed by atoms with Gasteiger partial charge in [0.25, 0.3) is 8.53 Å². The Bertz CT molecular complexity index is 927. The smallest absolute Gasteiger partial charge is 0.351 e. The number of carbonyl (C=O) groups excluding carboxylic acids is 1. The van der Waals surface area contributed by atoms with E-state index in [9.17, 15) is 9.59 Å². The van der Waals surface area contributed by atoms with Gasteiger partial charge >= 0.3 is 5.69 Å². The van der Waals surface area contributed by atoms with Gasteiger partial charge in [0.05, 0.1) is 12.7 Å². The van der Waals surface area contributed by atoms with Crippen molar-refractivity contribution in [2.75, 3.05) is 19.0 Å². The van der Waals surface area contributed by atoms with Crippen molar-refractivity contribution in [1.82, 2.24) is 14.2 Å². The van der Waals surface area contributed by atoms with Gasteiger partial charge in [0.15, 0.2) is 12.4 Å². The summed E-state index contributed by atoms with van der Waals surface area (Å²) in [5, 5.41) is 5.91. The molecule has 1 fully saturated rings. The summed E-state index contributed by atoms with van der Waals surface area (Å²) in [6.45, 7) is 9.34. The number of aromatic nitrogens is 2. The fourth-order valence-electron chi connectivity index (χ4n) is 3.45. The molecule has 0 aliphatic carbocycles. The molecule has 1 aromatic heterocycles. The molecule has 0 saturated carbocycles. The van der Waals surface area contributed by atoms with Crippen LogP contribution >= 0.6 is 8.53 Å². The molecule has 0 spiro atoms. The van der Waals surface area contributed by atoms with Gasteiger partial charge in [-0.2, -0.15) is 4.98 Å². The summed E-state index contributed by atoms with van der Waals surface area (Å²) < 4.78 is 50.1. The molecule has 1 saturated heterocycles. The highest BCUT2D eigenvalue weighted by molar-refractivity contribution is 7.44. The molecule has 198 valence electrons. The lowest BCUT2D eigenvalue weighted by Gasteiger charge is -2.37. The van der Waals surface area contributed by atoms with Crippen LogP contribution in [-0.4, -0.2) is 70.8 Å². The summed E-state index contributed by atoms with van der Waals surface area (Å²) in [5.74, 6) is 2.23. The van der Waals surface area contributed by atoms with E-state index >= 15 is 4.39 Å². The van der Waals surface area contributed by atoms with Crippen molar-refractivity contribution >= 4 is 20.3 Å². The fraction of sp³-hybridized carbons (Fsp3) is 0.696. The van der Waals surface area contributed by atoms with Gasteiger partial charge in [0.1, 0.15) is 11.9 Å². The van der Waals surface area contributed by atoms with E-state index in [1.165, 1.54) is 26.3 Å². The number of amides is 1. The molecule has 1 aliphatic rings. The molecule has 2 N–H and O–H groups in total. The SMILES string of the molecule is [2H]CC1OC(n2ccc(NC(C)=O)nc2=O)C(F)C1OP(OCCCC#C)N(C(C)C)C(C)C.[3H]OC. The number of nitrogens with one attached hydrogen (secondary N) is 1. The zero-order chi connectivity index (χ0) is 28.1. The molecule has 2 rings (SSSR count). The van der Waals surface area contributed by atoms with Gasteiger partial charge in [0, 0.05) is 40.1 Å². The van der Waals surface area contributed by atoms with E-state index < -0.39 is 38.8 Å². The van der Waals surface area contributed by atoms with Crippen LogP contribution in [-0.2, 0) is 18.6 Å². The molecule has 0 radical (unpaired) electrons. The second-order valence-corrected chi connectivity index (χ2v) is 9.62. The lowest BCUT2D eigenvalue weighted by molar-refractivity contribution is -0.114. The third-order valence-electron chi connectivity index (χ3n) is 4.80. The number of aliphatic hydroxyl groups excluding tert-OH is 1. The number of hydrogen-bond donors (Lipinski definition) is 2. The van der Waals surface area contributed by atoms with Crippen LogP contribution in [0.15, 0.2) is 17.1 Å². The maximum Gasteiger partial charge on any atom is 0.351 e. The van der Waals surface area contributed by atoms with Crippen molar-refractivity contribution in [3.8, 4) is 12.3 Å². The number of nitrogens with zero attached hydrogens (tertiary/aromatic N) is 3. The number of aliphatic hydroxyl groups is 1. The first kappa shape index (κ1) is 27.7. The molecule has 1 amide bonds. The minimum atomic E-state index is -1.75. The van der Waals surface area contributed by atoms with E-state index in [0.717, 1.165) is 4.57 Å². The molecule has 5 atom stereocenters. The number of carbonyl (C=O) groups is 1. The third-order valence-corrected chi connectivity index (χ3v) is 6.93. The van der Waals surface area contributed by atoms with Crippen molar-refractivity contribution in [1.29, 1.82) is 1.43 Å². The van der Waals surface area contributed by atoms with E-state index in [1.54, 1.807) is 0 Å². The summed E-state index contributed by atoms with van der Waals surface area (Å²) >= 11 is 0. The zero-order valence-corrected chi connectivity index (χ0v) is 22.0. The number of hydrogen-bond acceptors (Lipinski definition) is 8. The first-order valence-electron chi connectivity index (χ1n) is 12.4. The Hall–Kier alpha value is -1.93. The average molecular weight is 520 g/mol. The first-order valence-corrected chi connectivity index (χ1v) is 12.4. The number of anilines is 1. The molecule has 0 aromatic carbocycles. The predicted octanol–water partition coefficient (Wildman–Crippen LogP) is 3.23. The van der Waals surface area contributed by atoms with Gasteiger partial charge in [-0.05, 0) is 47.1 Å². The highest BCUT2D eigenvalue weighted by Gasteiger charge is 2.47.